The monoisotopic (exact) mass is 349 g/mol. The predicted octanol–water partition coefficient (Wildman–Crippen LogP) is 4.08. The van der Waals surface area contributed by atoms with E-state index in [4.69, 9.17) is 0 Å². The van der Waals surface area contributed by atoms with E-state index in [1.54, 1.807) is 6.20 Å². The van der Waals surface area contributed by atoms with Crippen molar-refractivity contribution in [3.05, 3.63) is 66.2 Å². The van der Waals surface area contributed by atoms with Crippen LogP contribution in [0.1, 0.15) is 43.3 Å². The van der Waals surface area contributed by atoms with E-state index in [1.165, 1.54) is 16.3 Å². The van der Waals surface area contributed by atoms with Crippen molar-refractivity contribution in [1.82, 2.24) is 14.5 Å². The van der Waals surface area contributed by atoms with E-state index in [2.05, 4.69) is 59.3 Å². The van der Waals surface area contributed by atoms with Crippen LogP contribution in [0.4, 0.5) is 0 Å². The highest BCUT2D eigenvalue weighted by molar-refractivity contribution is 5.83. The van der Waals surface area contributed by atoms with Gasteiger partial charge in [-0.05, 0) is 61.2 Å². The molecule has 2 atom stereocenters. The summed E-state index contributed by atoms with van der Waals surface area (Å²) in [7, 11) is 1.95. The molecule has 1 aromatic heterocycles. The lowest BCUT2D eigenvalue weighted by Crippen LogP contribution is -2.37. The van der Waals surface area contributed by atoms with Crippen molar-refractivity contribution >= 4 is 10.8 Å². The average Bonchev–Trinajstić information content (AvgIpc) is 3.12. The molecule has 2 aromatic carbocycles. The highest BCUT2D eigenvalue weighted by Crippen LogP contribution is 2.33. The standard InChI is InChI=1S/C22H27N3O/c1-16(19-8-7-17-5-3-4-6-20(17)15-19)25-12-9-18(10-13-25)21(26)22-23-11-14-24(22)2/h3-8,11,14-16,18,21,26H,9-10,12-13H2,1-2H3. The zero-order valence-electron chi connectivity index (χ0n) is 15.5. The third-order valence-corrected chi connectivity index (χ3v) is 5.95. The Labute approximate surface area is 155 Å². The highest BCUT2D eigenvalue weighted by atomic mass is 16.3. The SMILES string of the molecule is CC(c1ccc2ccccc2c1)N1CCC(C(O)c2nccn2C)CC1. The van der Waals surface area contributed by atoms with Gasteiger partial charge in [0.25, 0.3) is 0 Å². The first-order valence-electron chi connectivity index (χ1n) is 9.51. The third kappa shape index (κ3) is 3.27. The molecule has 2 unspecified atom stereocenters. The number of nitrogens with zero attached hydrogens (tertiary/aromatic N) is 3. The van der Waals surface area contributed by atoms with E-state index in [9.17, 15) is 5.11 Å². The van der Waals surface area contributed by atoms with E-state index in [1.807, 2.05) is 17.8 Å². The first-order valence-corrected chi connectivity index (χ1v) is 9.51. The molecule has 4 nitrogen and oxygen atoms in total. The number of piperidine rings is 1. The summed E-state index contributed by atoms with van der Waals surface area (Å²) >= 11 is 0. The van der Waals surface area contributed by atoms with Crippen LogP contribution in [-0.2, 0) is 7.05 Å². The van der Waals surface area contributed by atoms with Gasteiger partial charge in [0.15, 0.2) is 0 Å². The summed E-state index contributed by atoms with van der Waals surface area (Å²) in [5.74, 6) is 1.07. The Balaban J connectivity index is 1.42. The van der Waals surface area contributed by atoms with Crippen molar-refractivity contribution in [2.75, 3.05) is 13.1 Å². The van der Waals surface area contributed by atoms with E-state index < -0.39 is 6.10 Å². The van der Waals surface area contributed by atoms with Gasteiger partial charge in [-0.1, -0.05) is 36.4 Å². The van der Waals surface area contributed by atoms with Crippen LogP contribution >= 0.6 is 0 Å². The Morgan fingerprint density at radius 1 is 1.08 bits per heavy atom. The minimum absolute atomic E-state index is 0.288. The summed E-state index contributed by atoms with van der Waals surface area (Å²) in [5.41, 5.74) is 1.37. The number of rotatable bonds is 4. The van der Waals surface area contributed by atoms with Crippen molar-refractivity contribution in [2.45, 2.75) is 31.9 Å². The quantitative estimate of drug-likeness (QED) is 0.772. The van der Waals surface area contributed by atoms with Gasteiger partial charge in [0.2, 0.25) is 0 Å². The number of aryl methyl sites for hydroxylation is 1. The number of aliphatic hydroxyl groups excluding tert-OH is 1. The molecule has 1 N–H and O–H groups in total. The zero-order chi connectivity index (χ0) is 18.1. The van der Waals surface area contributed by atoms with Crippen molar-refractivity contribution in [3.63, 3.8) is 0 Å². The molecule has 136 valence electrons. The molecular weight excluding hydrogens is 322 g/mol. The zero-order valence-corrected chi connectivity index (χ0v) is 15.5. The van der Waals surface area contributed by atoms with Crippen LogP contribution in [0.3, 0.4) is 0 Å². The van der Waals surface area contributed by atoms with Crippen LogP contribution in [0.15, 0.2) is 54.9 Å². The normalized spacial score (nSPS) is 18.9. The number of imidazole rings is 1. The Kier molecular flexibility index (Phi) is 4.79. The molecule has 0 spiro atoms. The molecule has 4 rings (SSSR count). The minimum atomic E-state index is -0.465. The average molecular weight is 349 g/mol. The summed E-state index contributed by atoms with van der Waals surface area (Å²) in [4.78, 5) is 6.85. The van der Waals surface area contributed by atoms with Crippen LogP contribution < -0.4 is 0 Å². The van der Waals surface area contributed by atoms with Crippen LogP contribution in [0.25, 0.3) is 10.8 Å². The number of likely N-dealkylation sites (tertiary alicyclic amines) is 1. The summed E-state index contributed by atoms with van der Waals surface area (Å²) in [6.45, 7) is 4.32. The summed E-state index contributed by atoms with van der Waals surface area (Å²) in [5, 5.41) is 13.3. The third-order valence-electron chi connectivity index (χ3n) is 5.95. The van der Waals surface area contributed by atoms with Crippen molar-refractivity contribution in [3.8, 4) is 0 Å². The lowest BCUT2D eigenvalue weighted by molar-refractivity contribution is 0.0406. The van der Waals surface area contributed by atoms with Gasteiger partial charge in [0, 0.05) is 25.5 Å². The Morgan fingerprint density at radius 2 is 1.81 bits per heavy atom. The lowest BCUT2D eigenvalue weighted by atomic mass is 9.89. The molecule has 3 aromatic rings. The number of hydrogen-bond acceptors (Lipinski definition) is 3. The van der Waals surface area contributed by atoms with Crippen LogP contribution in [0.5, 0.6) is 0 Å². The Hall–Kier alpha value is -2.17. The van der Waals surface area contributed by atoms with Gasteiger partial charge in [0.1, 0.15) is 11.9 Å². The summed E-state index contributed by atoms with van der Waals surface area (Å²) in [6.07, 6.45) is 5.20. The molecule has 1 aliphatic rings. The molecule has 0 bridgehead atoms. The van der Waals surface area contributed by atoms with E-state index in [0.29, 0.717) is 6.04 Å². The largest absolute Gasteiger partial charge is 0.385 e. The topological polar surface area (TPSA) is 41.3 Å². The smallest absolute Gasteiger partial charge is 0.137 e. The molecule has 1 aliphatic heterocycles. The number of benzene rings is 2. The van der Waals surface area contributed by atoms with Crippen molar-refractivity contribution in [2.24, 2.45) is 13.0 Å². The van der Waals surface area contributed by atoms with Gasteiger partial charge >= 0.3 is 0 Å². The molecular formula is C22H27N3O. The highest BCUT2D eigenvalue weighted by Gasteiger charge is 2.30. The molecule has 0 saturated carbocycles. The first kappa shape index (κ1) is 17.3. The van der Waals surface area contributed by atoms with E-state index >= 15 is 0 Å². The second-order valence-electron chi connectivity index (χ2n) is 7.50. The minimum Gasteiger partial charge on any atom is -0.385 e. The van der Waals surface area contributed by atoms with Gasteiger partial charge in [-0.3, -0.25) is 4.90 Å². The fourth-order valence-corrected chi connectivity index (χ4v) is 4.17. The Morgan fingerprint density at radius 3 is 2.50 bits per heavy atom. The van der Waals surface area contributed by atoms with Crippen LogP contribution in [0, 0.1) is 5.92 Å². The number of aromatic nitrogens is 2. The molecule has 0 aliphatic carbocycles. The molecule has 26 heavy (non-hydrogen) atoms. The van der Waals surface area contributed by atoms with E-state index in [0.717, 1.165) is 31.8 Å². The maximum absolute atomic E-state index is 10.7. The van der Waals surface area contributed by atoms with E-state index in [-0.39, 0.29) is 5.92 Å². The predicted molar refractivity (Wildman–Crippen MR) is 105 cm³/mol. The number of fused-ring (bicyclic) bond motifs is 1. The molecule has 4 heteroatoms. The fraction of sp³-hybridized carbons (Fsp3) is 0.409. The summed E-state index contributed by atoms with van der Waals surface area (Å²) in [6, 6.07) is 15.7. The second-order valence-corrected chi connectivity index (χ2v) is 7.50. The van der Waals surface area contributed by atoms with Gasteiger partial charge in [-0.15, -0.1) is 0 Å². The summed E-state index contributed by atoms with van der Waals surface area (Å²) < 4.78 is 1.93. The van der Waals surface area contributed by atoms with Gasteiger partial charge in [0.05, 0.1) is 0 Å². The lowest BCUT2D eigenvalue weighted by Gasteiger charge is -2.37. The molecule has 2 heterocycles. The number of hydrogen-bond donors (Lipinski definition) is 1. The van der Waals surface area contributed by atoms with Crippen molar-refractivity contribution < 1.29 is 5.11 Å². The van der Waals surface area contributed by atoms with Gasteiger partial charge in [-0.25, -0.2) is 4.98 Å². The maximum Gasteiger partial charge on any atom is 0.137 e. The van der Waals surface area contributed by atoms with Crippen LogP contribution in [0.2, 0.25) is 0 Å². The number of aliphatic hydroxyl groups is 1. The van der Waals surface area contributed by atoms with Gasteiger partial charge in [-0.2, -0.15) is 0 Å². The fourth-order valence-electron chi connectivity index (χ4n) is 4.17. The molecule has 0 radical (unpaired) electrons. The maximum atomic E-state index is 10.7. The van der Waals surface area contributed by atoms with Crippen molar-refractivity contribution in [1.29, 1.82) is 0 Å². The second kappa shape index (κ2) is 7.22. The Bertz CT molecular complexity index is 880. The van der Waals surface area contributed by atoms with Gasteiger partial charge < -0.3 is 9.67 Å². The first-order chi connectivity index (χ1) is 12.6. The molecule has 1 saturated heterocycles. The van der Waals surface area contributed by atoms with Crippen LogP contribution in [-0.4, -0.2) is 32.6 Å². The molecule has 0 amide bonds. The molecule has 1 fully saturated rings.